The van der Waals surface area contributed by atoms with E-state index >= 15 is 0 Å². The predicted molar refractivity (Wildman–Crippen MR) is 88.5 cm³/mol. The Balaban J connectivity index is 2.28. The Morgan fingerprint density at radius 1 is 1.36 bits per heavy atom. The zero-order chi connectivity index (χ0) is 16.5. The van der Waals surface area contributed by atoms with Crippen LogP contribution in [0.15, 0.2) is 12.1 Å². The lowest BCUT2D eigenvalue weighted by Crippen LogP contribution is -2.40. The van der Waals surface area contributed by atoms with Gasteiger partial charge in [0.1, 0.15) is 5.60 Å². The molecule has 6 heteroatoms. The summed E-state index contributed by atoms with van der Waals surface area (Å²) in [6.07, 6.45) is 1.25. The van der Waals surface area contributed by atoms with E-state index < -0.39 is 5.60 Å². The molecule has 22 heavy (non-hydrogen) atoms. The number of nitrogens with zero attached hydrogens (tertiary/aromatic N) is 2. The van der Waals surface area contributed by atoms with Crippen LogP contribution in [0.25, 0.3) is 0 Å². The summed E-state index contributed by atoms with van der Waals surface area (Å²) in [6.45, 7) is 7.92. The van der Waals surface area contributed by atoms with Crippen molar-refractivity contribution in [3.05, 3.63) is 23.5 Å². The Kier molecular flexibility index (Phi) is 4.80. The highest BCUT2D eigenvalue weighted by molar-refractivity contribution is 7.96. The summed E-state index contributed by atoms with van der Waals surface area (Å²) >= 11 is 3.86. The quantitative estimate of drug-likeness (QED) is 0.849. The van der Waals surface area contributed by atoms with Crippen LogP contribution in [-0.2, 0) is 16.0 Å². The van der Waals surface area contributed by atoms with Crippen LogP contribution in [0.3, 0.4) is 0 Å². The van der Waals surface area contributed by atoms with Gasteiger partial charge >= 0.3 is 6.09 Å². The van der Waals surface area contributed by atoms with Crippen molar-refractivity contribution in [2.75, 3.05) is 11.4 Å². The second kappa shape index (κ2) is 6.28. The number of hydrogen-bond donors (Lipinski definition) is 1. The number of anilines is 1. The molecule has 0 radical (unpaired) electrons. The molecule has 1 aliphatic heterocycles. The molecule has 1 aromatic heterocycles. The lowest BCUT2D eigenvalue weighted by atomic mass is 10.0. The number of carbonyl (C=O) groups excluding carboxylic acids is 2. The molecule has 1 aliphatic rings. The molecular weight excluding hydrogens is 300 g/mol. The summed E-state index contributed by atoms with van der Waals surface area (Å²) in [7, 11) is 0. The van der Waals surface area contributed by atoms with Crippen LogP contribution in [-0.4, -0.2) is 28.3 Å². The van der Waals surface area contributed by atoms with Crippen molar-refractivity contribution in [1.29, 1.82) is 0 Å². The van der Waals surface area contributed by atoms with Gasteiger partial charge in [-0.2, -0.15) is 0 Å². The molecule has 1 atom stereocenters. The number of hydrogen-bond acceptors (Lipinski definition) is 4. The van der Waals surface area contributed by atoms with E-state index in [9.17, 15) is 9.59 Å². The monoisotopic (exact) mass is 322 g/mol. The summed E-state index contributed by atoms with van der Waals surface area (Å²) in [5, 5.41) is -0.216. The summed E-state index contributed by atoms with van der Waals surface area (Å²) in [6, 6.07) is 3.62. The molecule has 0 saturated carbocycles. The number of aryl methyl sites for hydroxylation is 1. The molecular formula is C16H22N2O3S. The fourth-order valence-electron chi connectivity index (χ4n) is 2.34. The minimum absolute atomic E-state index is 0.216. The maximum Gasteiger partial charge on any atom is 0.414 e. The number of thiol groups is 1. The van der Waals surface area contributed by atoms with E-state index in [0.717, 1.165) is 24.2 Å². The molecule has 2 heterocycles. The van der Waals surface area contributed by atoms with Crippen LogP contribution in [0.2, 0.25) is 0 Å². The SMILES string of the molecule is CC(C(=O)S)c1ccc2c(n1)CCCN2C(=O)OC(C)(C)C. The third-order valence-electron chi connectivity index (χ3n) is 3.49. The normalized spacial score (nSPS) is 16.0. The van der Waals surface area contributed by atoms with E-state index in [1.807, 2.05) is 26.8 Å². The molecule has 5 nitrogen and oxygen atoms in total. The van der Waals surface area contributed by atoms with Gasteiger partial charge in [0.25, 0.3) is 0 Å². The van der Waals surface area contributed by atoms with Crippen molar-refractivity contribution >= 4 is 29.5 Å². The van der Waals surface area contributed by atoms with Crippen LogP contribution < -0.4 is 4.90 Å². The van der Waals surface area contributed by atoms with Gasteiger partial charge in [0.2, 0.25) is 0 Å². The van der Waals surface area contributed by atoms with Crippen molar-refractivity contribution in [2.45, 2.75) is 52.1 Å². The first kappa shape index (κ1) is 16.8. The molecule has 0 aliphatic carbocycles. The van der Waals surface area contributed by atoms with Crippen LogP contribution in [0.1, 0.15) is 51.4 Å². The maximum atomic E-state index is 12.3. The fraction of sp³-hybridized carbons (Fsp3) is 0.562. The predicted octanol–water partition coefficient (Wildman–Crippen LogP) is 3.33. The number of pyridine rings is 1. The topological polar surface area (TPSA) is 59.5 Å². The highest BCUT2D eigenvalue weighted by Crippen LogP contribution is 2.29. The Morgan fingerprint density at radius 3 is 2.64 bits per heavy atom. The van der Waals surface area contributed by atoms with Gasteiger partial charge in [-0.05, 0) is 52.7 Å². The Bertz CT molecular complexity index is 596. The van der Waals surface area contributed by atoms with Crippen LogP contribution in [0.5, 0.6) is 0 Å². The molecule has 2 rings (SSSR count). The second-order valence-electron chi connectivity index (χ2n) is 6.50. The number of amides is 1. The summed E-state index contributed by atoms with van der Waals surface area (Å²) in [5.41, 5.74) is 1.75. The third kappa shape index (κ3) is 3.80. The van der Waals surface area contributed by atoms with E-state index in [0.29, 0.717) is 12.2 Å². The van der Waals surface area contributed by atoms with Gasteiger partial charge in [-0.1, -0.05) is 0 Å². The number of carbonyl (C=O) groups is 2. The highest BCUT2D eigenvalue weighted by atomic mass is 32.1. The van der Waals surface area contributed by atoms with Crippen molar-refractivity contribution in [3.8, 4) is 0 Å². The first-order valence-corrected chi connectivity index (χ1v) is 7.87. The number of ether oxygens (including phenoxy) is 1. The lowest BCUT2D eigenvalue weighted by Gasteiger charge is -2.31. The molecule has 0 N–H and O–H groups in total. The summed E-state index contributed by atoms with van der Waals surface area (Å²) in [4.78, 5) is 29.9. The largest absolute Gasteiger partial charge is 0.443 e. The van der Waals surface area contributed by atoms with E-state index in [-0.39, 0.29) is 17.1 Å². The average molecular weight is 322 g/mol. The molecule has 1 unspecified atom stereocenters. The fourth-order valence-corrected chi connectivity index (χ4v) is 2.47. The molecule has 120 valence electrons. The van der Waals surface area contributed by atoms with Crippen molar-refractivity contribution < 1.29 is 14.3 Å². The van der Waals surface area contributed by atoms with Crippen LogP contribution in [0.4, 0.5) is 10.5 Å². The molecule has 1 amide bonds. The highest BCUT2D eigenvalue weighted by Gasteiger charge is 2.28. The van der Waals surface area contributed by atoms with Crippen molar-refractivity contribution in [3.63, 3.8) is 0 Å². The van der Waals surface area contributed by atoms with Crippen LogP contribution in [0, 0.1) is 0 Å². The smallest absolute Gasteiger partial charge is 0.414 e. The van der Waals surface area contributed by atoms with Gasteiger partial charge < -0.3 is 4.74 Å². The van der Waals surface area contributed by atoms with E-state index in [2.05, 4.69) is 17.6 Å². The van der Waals surface area contributed by atoms with Gasteiger partial charge in [0.15, 0.2) is 5.12 Å². The standard InChI is InChI=1S/C16H22N2O3S/c1-10(14(19)22)11-7-8-13-12(17-11)6-5-9-18(13)15(20)21-16(2,3)4/h7-8,10H,5-6,9H2,1-4H3,(H,19,22). The molecule has 1 aromatic rings. The van der Waals surface area contributed by atoms with E-state index in [4.69, 9.17) is 4.74 Å². The van der Waals surface area contributed by atoms with Crippen molar-refractivity contribution in [1.82, 2.24) is 4.98 Å². The van der Waals surface area contributed by atoms with Gasteiger partial charge in [-0.3, -0.25) is 14.7 Å². The third-order valence-corrected chi connectivity index (χ3v) is 3.87. The Labute approximate surface area is 136 Å². The zero-order valence-corrected chi connectivity index (χ0v) is 14.3. The summed E-state index contributed by atoms with van der Waals surface area (Å²) in [5.74, 6) is -0.356. The van der Waals surface area contributed by atoms with Gasteiger partial charge in [-0.15, -0.1) is 12.6 Å². The zero-order valence-electron chi connectivity index (χ0n) is 13.4. The number of fused-ring (bicyclic) bond motifs is 1. The average Bonchev–Trinajstić information content (AvgIpc) is 2.43. The number of aromatic nitrogens is 1. The number of rotatable bonds is 2. The van der Waals surface area contributed by atoms with Crippen molar-refractivity contribution in [2.24, 2.45) is 0 Å². The first-order chi connectivity index (χ1) is 10.2. The minimum atomic E-state index is -0.533. The maximum absolute atomic E-state index is 12.3. The second-order valence-corrected chi connectivity index (χ2v) is 6.94. The lowest BCUT2D eigenvalue weighted by molar-refractivity contribution is -0.111. The minimum Gasteiger partial charge on any atom is -0.443 e. The van der Waals surface area contributed by atoms with Crippen LogP contribution >= 0.6 is 12.6 Å². The Morgan fingerprint density at radius 2 is 2.05 bits per heavy atom. The van der Waals surface area contributed by atoms with E-state index in [1.54, 1.807) is 17.9 Å². The van der Waals surface area contributed by atoms with Gasteiger partial charge in [0.05, 0.1) is 23.0 Å². The summed E-state index contributed by atoms with van der Waals surface area (Å²) < 4.78 is 5.44. The van der Waals surface area contributed by atoms with Gasteiger partial charge in [0, 0.05) is 6.54 Å². The first-order valence-electron chi connectivity index (χ1n) is 7.42. The molecule has 0 bridgehead atoms. The molecule has 0 spiro atoms. The Hall–Kier alpha value is -1.56. The van der Waals surface area contributed by atoms with E-state index in [1.165, 1.54) is 0 Å². The molecule has 0 aromatic carbocycles. The molecule has 0 saturated heterocycles. The van der Waals surface area contributed by atoms with Gasteiger partial charge in [-0.25, -0.2) is 4.79 Å². The molecule has 0 fully saturated rings.